The fraction of sp³-hybridized carbons (Fsp3) is 0.125. The van der Waals surface area contributed by atoms with Crippen LogP contribution >= 0.6 is 23.2 Å². The molecule has 2 bridgehead atoms. The fourth-order valence-electron chi connectivity index (χ4n) is 6.95. The van der Waals surface area contributed by atoms with Crippen molar-refractivity contribution >= 4 is 58.5 Å². The first-order valence-corrected chi connectivity index (χ1v) is 14.1. The van der Waals surface area contributed by atoms with E-state index >= 15 is 0 Å². The summed E-state index contributed by atoms with van der Waals surface area (Å²) < 4.78 is 0. The number of non-ortho nitro benzene ring substituents is 1. The second kappa shape index (κ2) is 9.86. The number of anilines is 1. The van der Waals surface area contributed by atoms with E-state index in [1.54, 1.807) is 12.3 Å². The molecule has 0 spiro atoms. The molecular formula is C32H20Cl2N4O5. The number of nitrogens with one attached hydrogen (secondary N) is 1. The lowest BCUT2D eigenvalue weighted by molar-refractivity contribution is -0.384. The normalized spacial score (nSPS) is 23.2. The molecule has 1 fully saturated rings. The number of carbonyl (C=O) groups is 3. The molecule has 43 heavy (non-hydrogen) atoms. The number of halogens is 2. The van der Waals surface area contributed by atoms with Gasteiger partial charge < -0.3 is 0 Å². The molecule has 4 aromatic carbocycles. The Morgan fingerprint density at radius 2 is 1.53 bits per heavy atom. The number of carbonyl (C=O) groups excluding carboxylic acids is 3. The molecule has 3 amide bonds. The lowest BCUT2D eigenvalue weighted by atomic mass is 9.47. The van der Waals surface area contributed by atoms with Crippen LogP contribution in [0.1, 0.15) is 38.5 Å². The van der Waals surface area contributed by atoms with E-state index in [2.05, 4.69) is 10.5 Å². The highest BCUT2D eigenvalue weighted by molar-refractivity contribution is 6.36. The van der Waals surface area contributed by atoms with Crippen LogP contribution in [-0.4, -0.2) is 28.9 Å². The Bertz CT molecular complexity index is 1860. The van der Waals surface area contributed by atoms with Crippen molar-refractivity contribution in [2.24, 2.45) is 16.9 Å². The van der Waals surface area contributed by atoms with Gasteiger partial charge in [0.2, 0.25) is 11.8 Å². The standard InChI is InChI=1S/C32H20Cl2N4O5/c33-17-9-14-22(25(34)15-17)29(39)36-35-16-32-23-7-3-1-5-20(23)26(21-6-2-4-8-24(21)32)27-28(32)31(41)37(30(27)40)18-10-12-19(13-11-18)38(42)43/h1-16,26-28H,(H,36,39)/b35-16-/t26?,27-,28+,32?/m1/s1. The van der Waals surface area contributed by atoms with Gasteiger partial charge in [0.15, 0.2) is 0 Å². The summed E-state index contributed by atoms with van der Waals surface area (Å²) in [7, 11) is 0. The summed E-state index contributed by atoms with van der Waals surface area (Å²) in [5.41, 5.74) is 5.02. The maximum atomic E-state index is 14.4. The first-order valence-electron chi connectivity index (χ1n) is 13.3. The molecule has 212 valence electrons. The minimum Gasteiger partial charge on any atom is -0.274 e. The number of benzene rings is 4. The molecule has 3 aliphatic carbocycles. The van der Waals surface area contributed by atoms with Gasteiger partial charge in [-0.2, -0.15) is 5.10 Å². The molecule has 8 rings (SSSR count). The predicted octanol–water partition coefficient (Wildman–Crippen LogP) is 5.87. The number of hydrogen-bond acceptors (Lipinski definition) is 6. The summed E-state index contributed by atoms with van der Waals surface area (Å²) >= 11 is 12.2. The van der Waals surface area contributed by atoms with Crippen molar-refractivity contribution in [2.45, 2.75) is 11.3 Å². The number of imide groups is 1. The van der Waals surface area contributed by atoms with Crippen molar-refractivity contribution in [3.8, 4) is 0 Å². The molecule has 0 radical (unpaired) electrons. The Hall–Kier alpha value is -4.86. The number of nitrogens with zero attached hydrogens (tertiary/aromatic N) is 3. The zero-order valence-corrected chi connectivity index (χ0v) is 23.6. The molecule has 1 N–H and O–H groups in total. The summed E-state index contributed by atoms with van der Waals surface area (Å²) in [5, 5.41) is 16.1. The summed E-state index contributed by atoms with van der Waals surface area (Å²) in [6, 6.07) is 25.1. The highest BCUT2D eigenvalue weighted by Crippen LogP contribution is 2.63. The molecule has 2 atom stereocenters. The van der Waals surface area contributed by atoms with Crippen LogP contribution in [0.2, 0.25) is 10.0 Å². The van der Waals surface area contributed by atoms with Crippen molar-refractivity contribution < 1.29 is 19.3 Å². The van der Waals surface area contributed by atoms with Crippen LogP contribution in [0.15, 0.2) is 96.1 Å². The number of nitro groups is 1. The van der Waals surface area contributed by atoms with E-state index in [-0.39, 0.29) is 22.0 Å². The monoisotopic (exact) mass is 610 g/mol. The van der Waals surface area contributed by atoms with Crippen LogP contribution in [0.3, 0.4) is 0 Å². The zero-order chi connectivity index (χ0) is 30.0. The third-order valence-electron chi connectivity index (χ3n) is 8.61. The van der Waals surface area contributed by atoms with Gasteiger partial charge in [-0.1, -0.05) is 71.7 Å². The van der Waals surface area contributed by atoms with Gasteiger partial charge in [0.25, 0.3) is 11.6 Å². The van der Waals surface area contributed by atoms with E-state index in [0.717, 1.165) is 27.2 Å². The zero-order valence-electron chi connectivity index (χ0n) is 22.1. The quantitative estimate of drug-likeness (QED) is 0.131. The summed E-state index contributed by atoms with van der Waals surface area (Å²) in [6.07, 6.45) is 1.55. The topological polar surface area (TPSA) is 122 Å². The molecule has 4 aromatic rings. The van der Waals surface area contributed by atoms with Crippen LogP contribution in [0.4, 0.5) is 11.4 Å². The molecule has 0 unspecified atom stereocenters. The smallest absolute Gasteiger partial charge is 0.272 e. The number of amides is 3. The first-order chi connectivity index (χ1) is 20.7. The maximum Gasteiger partial charge on any atom is 0.272 e. The Labute approximate surface area is 254 Å². The van der Waals surface area contributed by atoms with Gasteiger partial charge in [0, 0.05) is 29.3 Å². The van der Waals surface area contributed by atoms with Crippen molar-refractivity contribution in [1.29, 1.82) is 0 Å². The first kappa shape index (κ1) is 27.0. The van der Waals surface area contributed by atoms with Gasteiger partial charge in [-0.05, 0) is 52.6 Å². The Morgan fingerprint density at radius 3 is 2.14 bits per heavy atom. The Morgan fingerprint density at radius 1 is 0.907 bits per heavy atom. The van der Waals surface area contributed by atoms with Crippen LogP contribution in [0.25, 0.3) is 0 Å². The van der Waals surface area contributed by atoms with E-state index in [0.29, 0.717) is 5.02 Å². The van der Waals surface area contributed by atoms with E-state index in [4.69, 9.17) is 23.2 Å². The number of hydrazone groups is 1. The SMILES string of the molecule is O=C(N/N=C\C12c3ccccc3C(c3ccccc31)[C@H]1C(=O)N(c3ccc([N+](=O)[O-])cc3)C(=O)[C@H]12)c1ccc(Cl)cc1Cl. The number of rotatable bonds is 5. The van der Waals surface area contributed by atoms with Crippen LogP contribution in [0, 0.1) is 22.0 Å². The lowest BCUT2D eigenvalue weighted by Gasteiger charge is -2.52. The molecule has 9 nitrogen and oxygen atoms in total. The molecule has 0 saturated carbocycles. The molecule has 1 saturated heterocycles. The van der Waals surface area contributed by atoms with Crippen molar-refractivity contribution in [1.82, 2.24) is 5.43 Å². The van der Waals surface area contributed by atoms with Crippen LogP contribution < -0.4 is 10.3 Å². The highest BCUT2D eigenvalue weighted by atomic mass is 35.5. The van der Waals surface area contributed by atoms with Crippen molar-refractivity contribution in [3.63, 3.8) is 0 Å². The second-order valence-corrected chi connectivity index (χ2v) is 11.5. The number of hydrogen-bond donors (Lipinski definition) is 1. The average molecular weight is 611 g/mol. The fourth-order valence-corrected chi connectivity index (χ4v) is 7.45. The van der Waals surface area contributed by atoms with E-state index < -0.39 is 45.8 Å². The van der Waals surface area contributed by atoms with Gasteiger partial charge in [-0.15, -0.1) is 0 Å². The van der Waals surface area contributed by atoms with E-state index in [9.17, 15) is 24.5 Å². The van der Waals surface area contributed by atoms with Crippen molar-refractivity contribution in [2.75, 3.05) is 4.90 Å². The molecule has 0 aromatic heterocycles. The molecule has 4 aliphatic rings. The molecular weight excluding hydrogens is 591 g/mol. The molecule has 1 aliphatic heterocycles. The van der Waals surface area contributed by atoms with Crippen molar-refractivity contribution in [3.05, 3.63) is 139 Å². The molecule has 1 heterocycles. The minimum atomic E-state index is -1.20. The summed E-state index contributed by atoms with van der Waals surface area (Å²) in [5.74, 6) is -3.46. The van der Waals surface area contributed by atoms with Gasteiger partial charge in [0.05, 0.1) is 38.4 Å². The Balaban J connectivity index is 1.37. The molecule has 11 heteroatoms. The van der Waals surface area contributed by atoms with Gasteiger partial charge >= 0.3 is 0 Å². The maximum absolute atomic E-state index is 14.4. The van der Waals surface area contributed by atoms with E-state index in [1.807, 2.05) is 48.5 Å². The van der Waals surface area contributed by atoms with Gasteiger partial charge in [-0.3, -0.25) is 24.5 Å². The Kier molecular flexibility index (Phi) is 6.19. The second-order valence-electron chi connectivity index (χ2n) is 10.6. The van der Waals surface area contributed by atoms with Crippen LogP contribution in [-0.2, 0) is 15.0 Å². The minimum absolute atomic E-state index is 0.153. The van der Waals surface area contributed by atoms with Gasteiger partial charge in [0.1, 0.15) is 0 Å². The lowest BCUT2D eigenvalue weighted by Crippen LogP contribution is -2.54. The third kappa shape index (κ3) is 3.85. The summed E-state index contributed by atoms with van der Waals surface area (Å²) in [6.45, 7) is 0. The average Bonchev–Trinajstić information content (AvgIpc) is 3.27. The third-order valence-corrected chi connectivity index (χ3v) is 9.16. The summed E-state index contributed by atoms with van der Waals surface area (Å²) in [4.78, 5) is 53.4. The highest BCUT2D eigenvalue weighted by Gasteiger charge is 2.68. The largest absolute Gasteiger partial charge is 0.274 e. The predicted molar refractivity (Wildman–Crippen MR) is 160 cm³/mol. The number of nitro benzene ring substituents is 1. The van der Waals surface area contributed by atoms with Gasteiger partial charge in [-0.25, -0.2) is 10.3 Å². The van der Waals surface area contributed by atoms with E-state index in [1.165, 1.54) is 36.4 Å². The van der Waals surface area contributed by atoms with Crippen LogP contribution in [0.5, 0.6) is 0 Å².